The highest BCUT2D eigenvalue weighted by Gasteiger charge is 2.39. The van der Waals surface area contributed by atoms with Crippen molar-refractivity contribution in [3.8, 4) is 5.75 Å². The van der Waals surface area contributed by atoms with Gasteiger partial charge in [0.15, 0.2) is 0 Å². The first-order chi connectivity index (χ1) is 12.6. The van der Waals surface area contributed by atoms with Gasteiger partial charge in [0.25, 0.3) is 0 Å². The van der Waals surface area contributed by atoms with Gasteiger partial charge < -0.3 is 19.9 Å². The summed E-state index contributed by atoms with van der Waals surface area (Å²) in [6.07, 6.45) is 2.72. The summed E-state index contributed by atoms with van der Waals surface area (Å²) >= 11 is 0. The molecule has 2 saturated heterocycles. The number of benzene rings is 1. The maximum Gasteiger partial charge on any atom is 0.227 e. The number of likely N-dealkylation sites (N-methyl/N-ethyl adjacent to an activating group) is 1. The summed E-state index contributed by atoms with van der Waals surface area (Å²) in [6.45, 7) is 3.04. The molecular formula is C20H30ClN3O3. The molecule has 0 bridgehead atoms. The minimum absolute atomic E-state index is 0. The third-order valence-corrected chi connectivity index (χ3v) is 5.63. The lowest BCUT2D eigenvalue weighted by atomic mass is 9.83. The van der Waals surface area contributed by atoms with Crippen molar-refractivity contribution < 1.29 is 14.3 Å². The number of piperidine rings is 2. The van der Waals surface area contributed by atoms with Gasteiger partial charge in [-0.3, -0.25) is 9.59 Å². The van der Waals surface area contributed by atoms with Gasteiger partial charge in [0.1, 0.15) is 5.75 Å². The highest BCUT2D eigenvalue weighted by molar-refractivity contribution is 5.85. The second-order valence-electron chi connectivity index (χ2n) is 7.17. The first-order valence-electron chi connectivity index (χ1n) is 9.47. The van der Waals surface area contributed by atoms with E-state index in [4.69, 9.17) is 4.74 Å². The van der Waals surface area contributed by atoms with E-state index in [0.29, 0.717) is 18.8 Å². The van der Waals surface area contributed by atoms with E-state index in [1.807, 2.05) is 41.1 Å². The van der Waals surface area contributed by atoms with Crippen LogP contribution in [0, 0.1) is 5.92 Å². The van der Waals surface area contributed by atoms with Crippen molar-refractivity contribution in [2.24, 2.45) is 5.92 Å². The molecule has 0 aromatic heterocycles. The maximum atomic E-state index is 12.8. The number of nitrogens with one attached hydrogen (secondary N) is 1. The van der Waals surface area contributed by atoms with E-state index in [-0.39, 0.29) is 30.3 Å². The molecule has 1 N–H and O–H groups in total. The molecule has 6 nitrogen and oxygen atoms in total. The van der Waals surface area contributed by atoms with Crippen LogP contribution in [0.15, 0.2) is 24.3 Å². The number of likely N-dealkylation sites (tertiary alicyclic amines) is 2. The van der Waals surface area contributed by atoms with Crippen LogP contribution >= 0.6 is 12.4 Å². The second-order valence-corrected chi connectivity index (χ2v) is 7.17. The Hall–Kier alpha value is -1.79. The van der Waals surface area contributed by atoms with Crippen molar-refractivity contribution in [1.82, 2.24) is 15.1 Å². The fraction of sp³-hybridized carbons (Fsp3) is 0.600. The topological polar surface area (TPSA) is 61.9 Å². The van der Waals surface area contributed by atoms with E-state index < -0.39 is 0 Å². The van der Waals surface area contributed by atoms with Gasteiger partial charge in [-0.05, 0) is 31.9 Å². The first kappa shape index (κ1) is 21.5. The van der Waals surface area contributed by atoms with Gasteiger partial charge in [0, 0.05) is 44.2 Å². The molecule has 1 aromatic rings. The summed E-state index contributed by atoms with van der Waals surface area (Å²) < 4.78 is 5.36. The molecule has 2 heterocycles. The molecule has 0 radical (unpaired) electrons. The van der Waals surface area contributed by atoms with Gasteiger partial charge in [0.2, 0.25) is 11.8 Å². The monoisotopic (exact) mass is 395 g/mol. The molecule has 0 spiro atoms. The quantitative estimate of drug-likeness (QED) is 0.796. The highest BCUT2D eigenvalue weighted by Crippen LogP contribution is 2.31. The Kier molecular flexibility index (Phi) is 7.92. The van der Waals surface area contributed by atoms with Crippen molar-refractivity contribution in [1.29, 1.82) is 0 Å². The molecule has 0 saturated carbocycles. The van der Waals surface area contributed by atoms with Crippen LogP contribution < -0.4 is 10.1 Å². The Bertz CT molecular complexity index is 655. The number of carbonyl (C=O) groups excluding carboxylic acids is 2. The van der Waals surface area contributed by atoms with E-state index in [1.54, 1.807) is 7.11 Å². The molecule has 150 valence electrons. The standard InChI is InChI=1S/C20H29N3O3.ClH/c1-21-10-12-23-17-9-11-22(14-16(17)7-8-19(23)24)20(25)13-15-5-3-4-6-18(15)26-2;/h3-6,16-17,21H,7-14H2,1-2H3;1H/t16-,17+;/m0./s1. The van der Waals surface area contributed by atoms with Crippen LogP contribution in [-0.4, -0.2) is 68.0 Å². The Morgan fingerprint density at radius 2 is 2.07 bits per heavy atom. The molecule has 27 heavy (non-hydrogen) atoms. The van der Waals surface area contributed by atoms with Crippen LogP contribution in [-0.2, 0) is 16.0 Å². The van der Waals surface area contributed by atoms with Gasteiger partial charge in [-0.1, -0.05) is 18.2 Å². The minimum Gasteiger partial charge on any atom is -0.496 e. The van der Waals surface area contributed by atoms with E-state index in [9.17, 15) is 9.59 Å². The van der Waals surface area contributed by atoms with Gasteiger partial charge in [-0.15, -0.1) is 12.4 Å². The van der Waals surface area contributed by atoms with Gasteiger partial charge >= 0.3 is 0 Å². The number of ether oxygens (including phenoxy) is 1. The molecule has 0 aliphatic carbocycles. The van der Waals surface area contributed by atoms with Crippen LogP contribution in [0.1, 0.15) is 24.8 Å². The van der Waals surface area contributed by atoms with Gasteiger partial charge in [-0.2, -0.15) is 0 Å². The Labute approximate surface area is 167 Å². The molecule has 2 aliphatic heterocycles. The average Bonchev–Trinajstić information content (AvgIpc) is 2.67. The van der Waals surface area contributed by atoms with E-state index in [1.165, 1.54) is 0 Å². The van der Waals surface area contributed by atoms with Crippen molar-refractivity contribution in [2.75, 3.05) is 40.3 Å². The van der Waals surface area contributed by atoms with Crippen LogP contribution in [0.2, 0.25) is 0 Å². The predicted octanol–water partition coefficient (Wildman–Crippen LogP) is 1.72. The SMILES string of the molecule is CNCCN1C(=O)CC[C@H]2CN(C(=O)Cc3ccccc3OC)CC[C@H]21.Cl. The zero-order chi connectivity index (χ0) is 18.5. The predicted molar refractivity (Wildman–Crippen MR) is 107 cm³/mol. The summed E-state index contributed by atoms with van der Waals surface area (Å²) in [4.78, 5) is 29.1. The number of rotatable bonds is 6. The molecule has 3 rings (SSSR count). The number of para-hydroxylation sites is 1. The highest BCUT2D eigenvalue weighted by atomic mass is 35.5. The number of amides is 2. The molecule has 7 heteroatoms. The number of hydrogen-bond acceptors (Lipinski definition) is 4. The van der Waals surface area contributed by atoms with E-state index >= 15 is 0 Å². The molecule has 2 atom stereocenters. The summed E-state index contributed by atoms with van der Waals surface area (Å²) in [5.41, 5.74) is 0.927. The molecule has 2 fully saturated rings. The number of fused-ring (bicyclic) bond motifs is 1. The lowest BCUT2D eigenvalue weighted by Gasteiger charge is -2.47. The number of carbonyl (C=O) groups is 2. The maximum absolute atomic E-state index is 12.8. The smallest absolute Gasteiger partial charge is 0.227 e. The summed E-state index contributed by atoms with van der Waals surface area (Å²) in [5.74, 6) is 1.55. The number of halogens is 1. The minimum atomic E-state index is 0. The van der Waals surface area contributed by atoms with Crippen molar-refractivity contribution in [3.63, 3.8) is 0 Å². The number of nitrogens with zero attached hydrogens (tertiary/aromatic N) is 2. The van der Waals surface area contributed by atoms with Gasteiger partial charge in [-0.25, -0.2) is 0 Å². The summed E-state index contributed by atoms with van der Waals surface area (Å²) in [5, 5.41) is 3.13. The van der Waals surface area contributed by atoms with Crippen molar-refractivity contribution in [2.45, 2.75) is 31.7 Å². The summed E-state index contributed by atoms with van der Waals surface area (Å²) in [6, 6.07) is 7.96. The first-order valence-corrected chi connectivity index (χ1v) is 9.47. The van der Waals surface area contributed by atoms with Crippen molar-refractivity contribution >= 4 is 24.2 Å². The Morgan fingerprint density at radius 1 is 1.30 bits per heavy atom. The third kappa shape index (κ3) is 4.93. The largest absolute Gasteiger partial charge is 0.496 e. The number of methoxy groups -OCH3 is 1. The number of hydrogen-bond donors (Lipinski definition) is 1. The molecule has 1 aromatic carbocycles. The Balaban J connectivity index is 0.00000261. The second kappa shape index (κ2) is 9.95. The average molecular weight is 396 g/mol. The van der Waals surface area contributed by atoms with Crippen molar-refractivity contribution in [3.05, 3.63) is 29.8 Å². The van der Waals surface area contributed by atoms with Crippen LogP contribution in [0.5, 0.6) is 5.75 Å². The lowest BCUT2D eigenvalue weighted by Crippen LogP contribution is -2.58. The van der Waals surface area contributed by atoms with E-state index in [0.717, 1.165) is 50.3 Å². The molecule has 0 unspecified atom stereocenters. The summed E-state index contributed by atoms with van der Waals surface area (Å²) in [7, 11) is 3.54. The molecular weight excluding hydrogens is 366 g/mol. The van der Waals surface area contributed by atoms with Crippen LogP contribution in [0.3, 0.4) is 0 Å². The van der Waals surface area contributed by atoms with E-state index in [2.05, 4.69) is 5.32 Å². The normalized spacial score (nSPS) is 22.1. The fourth-order valence-electron chi connectivity index (χ4n) is 4.22. The van der Waals surface area contributed by atoms with Crippen LogP contribution in [0.4, 0.5) is 0 Å². The van der Waals surface area contributed by atoms with Gasteiger partial charge in [0.05, 0.1) is 13.5 Å². The lowest BCUT2D eigenvalue weighted by molar-refractivity contribution is -0.143. The van der Waals surface area contributed by atoms with Crippen LogP contribution in [0.25, 0.3) is 0 Å². The third-order valence-electron chi connectivity index (χ3n) is 5.63. The molecule has 2 aliphatic rings. The zero-order valence-electron chi connectivity index (χ0n) is 16.1. The zero-order valence-corrected chi connectivity index (χ0v) is 17.0. The fourth-order valence-corrected chi connectivity index (χ4v) is 4.22. The Morgan fingerprint density at radius 3 is 2.81 bits per heavy atom. The molecule has 2 amide bonds.